The summed E-state index contributed by atoms with van der Waals surface area (Å²) in [7, 11) is -4.37. The van der Waals surface area contributed by atoms with Gasteiger partial charge in [-0.05, 0) is 38.5 Å². The minimum absolute atomic E-state index is 0.0570. The monoisotopic (exact) mass is 914 g/mol. The van der Waals surface area contributed by atoms with Gasteiger partial charge in [-0.1, -0.05) is 244 Å². The van der Waals surface area contributed by atoms with E-state index in [1.807, 2.05) is 0 Å². The highest BCUT2D eigenvalue weighted by Gasteiger charge is 2.26. The molecule has 0 heterocycles. The molecule has 9 nitrogen and oxygen atoms in total. The number of hydrogen-bond donors (Lipinski definition) is 2. The standard InChI is InChI=1S/C53H104NO8P/c1-3-5-7-9-11-12-13-14-15-16-17-18-19-20-21-22-23-24-25-26-27-28-29-30-31-32-33-34-35-36-37-38-40-42-44-46-53(56)62-51(50-61-63(57,58)60-48-47-54)49-59-52(55)45-43-41-39-10-8-6-4-2/h16-17,51H,3-15,18-50,54H2,1-2H3,(H,57,58)/b17-16-. The van der Waals surface area contributed by atoms with Crippen molar-refractivity contribution in [3.05, 3.63) is 12.2 Å². The van der Waals surface area contributed by atoms with E-state index >= 15 is 0 Å². The van der Waals surface area contributed by atoms with Gasteiger partial charge in [-0.3, -0.25) is 18.6 Å². The normalized spacial score (nSPS) is 13.1. The Balaban J connectivity index is 3.68. The van der Waals surface area contributed by atoms with Crippen molar-refractivity contribution in [3.8, 4) is 0 Å². The number of ether oxygens (including phenoxy) is 2. The molecule has 0 aliphatic rings. The van der Waals surface area contributed by atoms with Gasteiger partial charge in [-0.25, -0.2) is 4.57 Å². The van der Waals surface area contributed by atoms with E-state index in [9.17, 15) is 19.0 Å². The molecule has 10 heteroatoms. The predicted molar refractivity (Wildman–Crippen MR) is 266 cm³/mol. The van der Waals surface area contributed by atoms with Gasteiger partial charge < -0.3 is 20.1 Å². The zero-order chi connectivity index (χ0) is 46.0. The maximum absolute atomic E-state index is 12.6. The lowest BCUT2D eigenvalue weighted by Crippen LogP contribution is -2.29. The fourth-order valence-electron chi connectivity index (χ4n) is 8.10. The van der Waals surface area contributed by atoms with E-state index < -0.39 is 26.5 Å². The number of phosphoric ester groups is 1. The highest BCUT2D eigenvalue weighted by Crippen LogP contribution is 2.43. The minimum atomic E-state index is -4.37. The molecule has 2 atom stereocenters. The van der Waals surface area contributed by atoms with Crippen LogP contribution >= 0.6 is 7.82 Å². The lowest BCUT2D eigenvalue weighted by Gasteiger charge is -2.19. The zero-order valence-corrected chi connectivity index (χ0v) is 42.5. The van der Waals surface area contributed by atoms with Crippen LogP contribution in [0.5, 0.6) is 0 Å². The summed E-state index contributed by atoms with van der Waals surface area (Å²) in [6, 6.07) is 0. The van der Waals surface area contributed by atoms with Crippen molar-refractivity contribution in [2.24, 2.45) is 5.73 Å². The number of carbonyl (C=O) groups excluding carboxylic acids is 2. The molecule has 0 aromatic carbocycles. The number of carbonyl (C=O) groups is 2. The molecule has 0 aromatic rings. The maximum Gasteiger partial charge on any atom is 0.472 e. The molecule has 0 rings (SSSR count). The highest BCUT2D eigenvalue weighted by molar-refractivity contribution is 7.47. The van der Waals surface area contributed by atoms with Crippen LogP contribution in [-0.4, -0.2) is 49.3 Å². The van der Waals surface area contributed by atoms with E-state index in [-0.39, 0.29) is 38.6 Å². The summed E-state index contributed by atoms with van der Waals surface area (Å²) >= 11 is 0. The molecule has 0 aromatic heterocycles. The average Bonchev–Trinajstić information content (AvgIpc) is 3.27. The fourth-order valence-corrected chi connectivity index (χ4v) is 8.87. The van der Waals surface area contributed by atoms with Crippen LogP contribution in [0.2, 0.25) is 0 Å². The molecule has 2 unspecified atom stereocenters. The Morgan fingerprint density at radius 1 is 0.460 bits per heavy atom. The van der Waals surface area contributed by atoms with Gasteiger partial charge in [-0.15, -0.1) is 0 Å². The molecule has 3 N–H and O–H groups in total. The van der Waals surface area contributed by atoms with E-state index in [0.717, 1.165) is 32.1 Å². The van der Waals surface area contributed by atoms with E-state index in [2.05, 4.69) is 26.0 Å². The fraction of sp³-hybridized carbons (Fsp3) is 0.925. The van der Waals surface area contributed by atoms with Crippen molar-refractivity contribution in [2.45, 2.75) is 290 Å². The van der Waals surface area contributed by atoms with Crippen molar-refractivity contribution in [1.29, 1.82) is 0 Å². The van der Waals surface area contributed by atoms with Gasteiger partial charge in [0.05, 0.1) is 13.2 Å². The summed E-state index contributed by atoms with van der Waals surface area (Å²) < 4.78 is 32.7. The first-order valence-electron chi connectivity index (χ1n) is 27.2. The van der Waals surface area contributed by atoms with Crippen molar-refractivity contribution in [1.82, 2.24) is 0 Å². The Hall–Kier alpha value is -1.25. The summed E-state index contributed by atoms with van der Waals surface area (Å²) in [5, 5.41) is 0. The molecular weight excluding hydrogens is 810 g/mol. The van der Waals surface area contributed by atoms with Crippen LogP contribution < -0.4 is 5.73 Å². The minimum Gasteiger partial charge on any atom is -0.462 e. The number of nitrogens with two attached hydrogens (primary N) is 1. The largest absolute Gasteiger partial charge is 0.472 e. The zero-order valence-electron chi connectivity index (χ0n) is 41.6. The molecule has 374 valence electrons. The predicted octanol–water partition coefficient (Wildman–Crippen LogP) is 16.5. The summed E-state index contributed by atoms with van der Waals surface area (Å²) in [5.74, 6) is -0.821. The Labute approximate surface area is 389 Å². The molecule has 0 spiro atoms. The summed E-state index contributed by atoms with van der Waals surface area (Å²) in [6.07, 6.45) is 56.1. The molecule has 0 saturated heterocycles. The Kier molecular flexibility index (Phi) is 49.2. The van der Waals surface area contributed by atoms with Gasteiger partial charge in [0.25, 0.3) is 0 Å². The van der Waals surface area contributed by atoms with Crippen LogP contribution in [0.3, 0.4) is 0 Å². The highest BCUT2D eigenvalue weighted by atomic mass is 31.2. The van der Waals surface area contributed by atoms with Crippen LogP contribution in [0.25, 0.3) is 0 Å². The first-order valence-corrected chi connectivity index (χ1v) is 28.7. The van der Waals surface area contributed by atoms with Gasteiger partial charge >= 0.3 is 19.8 Å². The van der Waals surface area contributed by atoms with Crippen LogP contribution in [0.15, 0.2) is 12.2 Å². The third-order valence-corrected chi connectivity index (χ3v) is 13.1. The van der Waals surface area contributed by atoms with Crippen molar-refractivity contribution in [2.75, 3.05) is 26.4 Å². The summed E-state index contributed by atoms with van der Waals surface area (Å²) in [5.41, 5.74) is 5.35. The molecule has 0 fully saturated rings. The topological polar surface area (TPSA) is 134 Å². The van der Waals surface area contributed by atoms with Gasteiger partial charge in [0.15, 0.2) is 6.10 Å². The molecule has 0 aliphatic carbocycles. The van der Waals surface area contributed by atoms with Crippen molar-refractivity contribution >= 4 is 19.8 Å². The lowest BCUT2D eigenvalue weighted by molar-refractivity contribution is -0.161. The van der Waals surface area contributed by atoms with E-state index in [0.29, 0.717) is 6.42 Å². The van der Waals surface area contributed by atoms with Crippen LogP contribution in [0, 0.1) is 0 Å². The summed E-state index contributed by atoms with van der Waals surface area (Å²) in [6.45, 7) is 3.72. The molecule has 0 bridgehead atoms. The van der Waals surface area contributed by atoms with Gasteiger partial charge in [-0.2, -0.15) is 0 Å². The van der Waals surface area contributed by atoms with E-state index in [1.165, 1.54) is 218 Å². The molecule has 0 saturated carbocycles. The van der Waals surface area contributed by atoms with Crippen LogP contribution in [-0.2, 0) is 32.7 Å². The van der Waals surface area contributed by atoms with Crippen molar-refractivity contribution < 1.29 is 37.6 Å². The molecular formula is C53H104NO8P. The van der Waals surface area contributed by atoms with E-state index in [4.69, 9.17) is 24.3 Å². The first-order chi connectivity index (χ1) is 30.8. The second-order valence-electron chi connectivity index (χ2n) is 18.5. The molecule has 0 amide bonds. The number of unbranched alkanes of at least 4 members (excludes halogenated alkanes) is 37. The smallest absolute Gasteiger partial charge is 0.462 e. The second kappa shape index (κ2) is 50.2. The first kappa shape index (κ1) is 61.8. The molecule has 0 radical (unpaired) electrons. The Bertz CT molecular complexity index is 1040. The maximum atomic E-state index is 12.6. The van der Waals surface area contributed by atoms with Gasteiger partial charge in [0, 0.05) is 19.4 Å². The number of hydrogen-bond acceptors (Lipinski definition) is 8. The van der Waals surface area contributed by atoms with Crippen LogP contribution in [0.1, 0.15) is 284 Å². The molecule has 0 aliphatic heterocycles. The van der Waals surface area contributed by atoms with Gasteiger partial charge in [0.2, 0.25) is 0 Å². The SMILES string of the molecule is CCCCCCCCCC/C=C\CCCCCCCCCCCCCCCCCCCCCCCCCC(=O)OC(COC(=O)CCCCCCCCC)COP(=O)(O)OCCN. The number of allylic oxidation sites excluding steroid dienone is 2. The average molecular weight is 914 g/mol. The Morgan fingerprint density at radius 3 is 1.13 bits per heavy atom. The second-order valence-corrected chi connectivity index (χ2v) is 19.9. The Morgan fingerprint density at radius 2 is 0.778 bits per heavy atom. The third kappa shape index (κ3) is 50.0. The molecule has 63 heavy (non-hydrogen) atoms. The summed E-state index contributed by atoms with van der Waals surface area (Å²) in [4.78, 5) is 34.8. The quantitative estimate of drug-likeness (QED) is 0.0265. The van der Waals surface area contributed by atoms with E-state index in [1.54, 1.807) is 0 Å². The number of rotatable bonds is 52. The third-order valence-electron chi connectivity index (χ3n) is 12.2. The van der Waals surface area contributed by atoms with Crippen molar-refractivity contribution in [3.63, 3.8) is 0 Å². The number of phosphoric acid groups is 1. The lowest BCUT2D eigenvalue weighted by atomic mass is 10.0. The van der Waals surface area contributed by atoms with Gasteiger partial charge in [0.1, 0.15) is 6.61 Å². The van der Waals surface area contributed by atoms with Crippen LogP contribution in [0.4, 0.5) is 0 Å². The number of esters is 2.